The smallest absolute Gasteiger partial charge is 0.360 e. The first kappa shape index (κ1) is 14.5. The van der Waals surface area contributed by atoms with Gasteiger partial charge >= 0.3 is 5.97 Å². The van der Waals surface area contributed by atoms with Crippen molar-refractivity contribution in [3.05, 3.63) is 51.5 Å². The van der Waals surface area contributed by atoms with Crippen molar-refractivity contribution in [3.8, 4) is 0 Å². The van der Waals surface area contributed by atoms with E-state index in [1.165, 1.54) is 19.2 Å². The third-order valence-corrected chi connectivity index (χ3v) is 3.06. The minimum Gasteiger partial charge on any atom is -0.464 e. The molecule has 0 atom stereocenters. The third kappa shape index (κ3) is 2.83. The molecule has 0 radical (unpaired) electrons. The number of methoxy groups -OCH3 is 1. The molecule has 1 aromatic carbocycles. The van der Waals surface area contributed by atoms with Crippen molar-refractivity contribution in [2.75, 3.05) is 12.8 Å². The van der Waals surface area contributed by atoms with Crippen molar-refractivity contribution in [3.63, 3.8) is 0 Å². The van der Waals surface area contributed by atoms with Gasteiger partial charge in [0.15, 0.2) is 5.69 Å². The summed E-state index contributed by atoms with van der Waals surface area (Å²) in [5, 5.41) is 10.6. The molecule has 0 unspecified atom stereocenters. The quantitative estimate of drug-likeness (QED) is 0.518. The minimum absolute atomic E-state index is 0.0179. The first-order valence-electron chi connectivity index (χ1n) is 6.08. The molecule has 0 aliphatic carbocycles. The summed E-state index contributed by atoms with van der Waals surface area (Å²) in [6.45, 7) is 2.08. The zero-order valence-electron chi connectivity index (χ0n) is 11.6. The van der Waals surface area contributed by atoms with Crippen molar-refractivity contribution in [1.29, 1.82) is 0 Å². The average molecular weight is 290 g/mol. The molecule has 1 heterocycles. The van der Waals surface area contributed by atoms with Crippen molar-refractivity contribution in [1.82, 2.24) is 9.55 Å². The van der Waals surface area contributed by atoms with E-state index in [2.05, 4.69) is 9.72 Å². The molecule has 0 amide bonds. The summed E-state index contributed by atoms with van der Waals surface area (Å²) in [4.78, 5) is 25.7. The zero-order chi connectivity index (χ0) is 15.6. The van der Waals surface area contributed by atoms with E-state index < -0.39 is 10.9 Å². The van der Waals surface area contributed by atoms with E-state index in [0.29, 0.717) is 12.4 Å². The number of hydrogen-bond donors (Lipinski definition) is 1. The van der Waals surface area contributed by atoms with Gasteiger partial charge in [-0.1, -0.05) is 12.1 Å². The van der Waals surface area contributed by atoms with Gasteiger partial charge < -0.3 is 15.0 Å². The average Bonchev–Trinajstić information content (AvgIpc) is 2.75. The molecule has 8 heteroatoms. The largest absolute Gasteiger partial charge is 0.464 e. The molecule has 0 bridgehead atoms. The van der Waals surface area contributed by atoms with Gasteiger partial charge in [0.1, 0.15) is 11.6 Å². The summed E-state index contributed by atoms with van der Waals surface area (Å²) >= 11 is 0. The van der Waals surface area contributed by atoms with Gasteiger partial charge in [-0.05, 0) is 12.5 Å². The number of anilines is 1. The van der Waals surface area contributed by atoms with Crippen LogP contribution in [0.4, 0.5) is 11.5 Å². The number of carbonyl (C=O) groups excluding carboxylic acids is 1. The molecule has 110 valence electrons. The molecule has 2 aromatic rings. The number of aryl methyl sites for hydroxylation is 1. The van der Waals surface area contributed by atoms with Gasteiger partial charge in [0, 0.05) is 12.1 Å². The van der Waals surface area contributed by atoms with E-state index in [0.717, 1.165) is 5.56 Å². The van der Waals surface area contributed by atoms with Gasteiger partial charge in [-0.2, -0.15) is 0 Å². The first-order chi connectivity index (χ1) is 9.93. The lowest BCUT2D eigenvalue weighted by molar-refractivity contribution is -0.384. The fourth-order valence-electron chi connectivity index (χ4n) is 1.93. The van der Waals surface area contributed by atoms with Gasteiger partial charge in [-0.3, -0.25) is 10.1 Å². The second-order valence-corrected chi connectivity index (χ2v) is 4.39. The third-order valence-electron chi connectivity index (χ3n) is 3.06. The molecule has 2 N–H and O–H groups in total. The van der Waals surface area contributed by atoms with Gasteiger partial charge in [0.25, 0.3) is 5.69 Å². The fraction of sp³-hybridized carbons (Fsp3) is 0.231. The molecule has 0 aliphatic heterocycles. The van der Waals surface area contributed by atoms with E-state index in [1.807, 2.05) is 0 Å². The summed E-state index contributed by atoms with van der Waals surface area (Å²) in [6, 6.07) is 6.10. The number of hydrogen-bond acceptors (Lipinski definition) is 6. The van der Waals surface area contributed by atoms with Crippen LogP contribution < -0.4 is 5.73 Å². The monoisotopic (exact) mass is 290 g/mol. The van der Waals surface area contributed by atoms with Crippen LogP contribution in [0.15, 0.2) is 24.3 Å². The molecule has 2 rings (SSSR count). The minimum atomic E-state index is -0.599. The van der Waals surface area contributed by atoms with Crippen molar-refractivity contribution in [2.45, 2.75) is 13.5 Å². The summed E-state index contributed by atoms with van der Waals surface area (Å²) in [7, 11) is 1.26. The number of nitro groups is 1. The lowest BCUT2D eigenvalue weighted by atomic mass is 10.2. The fourth-order valence-corrected chi connectivity index (χ4v) is 1.93. The van der Waals surface area contributed by atoms with E-state index in [9.17, 15) is 14.9 Å². The topological polar surface area (TPSA) is 113 Å². The maximum atomic E-state index is 11.5. The number of imidazole rings is 1. The highest BCUT2D eigenvalue weighted by molar-refractivity contribution is 5.92. The van der Waals surface area contributed by atoms with Crippen LogP contribution in [0.2, 0.25) is 0 Å². The van der Waals surface area contributed by atoms with Gasteiger partial charge in [0.2, 0.25) is 0 Å². The Morgan fingerprint density at radius 3 is 2.57 bits per heavy atom. The molecule has 0 spiro atoms. The number of benzene rings is 1. The number of carbonyl (C=O) groups is 1. The first-order valence-corrected chi connectivity index (χ1v) is 6.08. The van der Waals surface area contributed by atoms with E-state index in [1.54, 1.807) is 23.6 Å². The standard InChI is InChI=1S/C13H14N4O4/c1-8-15-11(13(18)21-2)12(14)16(8)7-9-3-5-10(6-4-9)17(19)20/h3-6H,7,14H2,1-2H3. The predicted molar refractivity (Wildman–Crippen MR) is 74.9 cm³/mol. The second kappa shape index (κ2) is 5.61. The number of nitrogen functional groups attached to an aromatic ring is 1. The summed E-state index contributed by atoms with van der Waals surface area (Å²) in [6.07, 6.45) is 0. The lowest BCUT2D eigenvalue weighted by Crippen LogP contribution is -2.09. The molecular weight excluding hydrogens is 276 g/mol. The Morgan fingerprint density at radius 2 is 2.05 bits per heavy atom. The SMILES string of the molecule is COC(=O)c1nc(C)n(Cc2ccc([N+](=O)[O-])cc2)c1N. The maximum Gasteiger partial charge on any atom is 0.360 e. The van der Waals surface area contributed by atoms with E-state index >= 15 is 0 Å². The number of non-ortho nitro benzene ring substituents is 1. The molecule has 1 aromatic heterocycles. The molecular formula is C13H14N4O4. The summed E-state index contributed by atoms with van der Waals surface area (Å²) in [5.74, 6) is 0.169. The second-order valence-electron chi connectivity index (χ2n) is 4.39. The van der Waals surface area contributed by atoms with Crippen LogP contribution in [0.1, 0.15) is 21.9 Å². The van der Waals surface area contributed by atoms with Gasteiger partial charge in [0.05, 0.1) is 18.6 Å². The number of nitro benzene ring substituents is 1. The Kier molecular flexibility index (Phi) is 3.88. The zero-order valence-corrected chi connectivity index (χ0v) is 11.6. The lowest BCUT2D eigenvalue weighted by Gasteiger charge is -2.07. The van der Waals surface area contributed by atoms with Crippen LogP contribution >= 0.6 is 0 Å². The molecule has 0 saturated heterocycles. The van der Waals surface area contributed by atoms with Crippen molar-refractivity contribution in [2.24, 2.45) is 0 Å². The Bertz CT molecular complexity index is 691. The Hall–Kier alpha value is -2.90. The molecule has 21 heavy (non-hydrogen) atoms. The van der Waals surface area contributed by atoms with Crippen LogP contribution in [0.3, 0.4) is 0 Å². The molecule has 0 aliphatic rings. The van der Waals surface area contributed by atoms with Crippen LogP contribution in [0.5, 0.6) is 0 Å². The number of aromatic nitrogens is 2. The highest BCUT2D eigenvalue weighted by atomic mass is 16.6. The molecule has 0 saturated carbocycles. The Balaban J connectivity index is 2.29. The maximum absolute atomic E-state index is 11.5. The van der Waals surface area contributed by atoms with E-state index in [4.69, 9.17) is 5.73 Å². The Morgan fingerprint density at radius 1 is 1.43 bits per heavy atom. The highest BCUT2D eigenvalue weighted by Crippen LogP contribution is 2.19. The van der Waals surface area contributed by atoms with Gasteiger partial charge in [-0.15, -0.1) is 0 Å². The van der Waals surface area contributed by atoms with Gasteiger partial charge in [-0.25, -0.2) is 9.78 Å². The van der Waals surface area contributed by atoms with Crippen LogP contribution in [0.25, 0.3) is 0 Å². The predicted octanol–water partition coefficient (Wildman–Crippen LogP) is 1.52. The number of ether oxygens (including phenoxy) is 1. The molecule has 8 nitrogen and oxygen atoms in total. The number of nitrogens with two attached hydrogens (primary N) is 1. The normalized spacial score (nSPS) is 10.4. The number of esters is 1. The van der Waals surface area contributed by atoms with Crippen LogP contribution in [-0.2, 0) is 11.3 Å². The van der Waals surface area contributed by atoms with Crippen LogP contribution in [0, 0.1) is 17.0 Å². The van der Waals surface area contributed by atoms with E-state index in [-0.39, 0.29) is 17.2 Å². The summed E-state index contributed by atoms with van der Waals surface area (Å²) in [5.41, 5.74) is 6.79. The molecule has 0 fully saturated rings. The summed E-state index contributed by atoms with van der Waals surface area (Å²) < 4.78 is 6.25. The van der Waals surface area contributed by atoms with Crippen LogP contribution in [-0.4, -0.2) is 27.6 Å². The Labute approximate surface area is 120 Å². The number of nitrogens with zero attached hydrogens (tertiary/aromatic N) is 3. The highest BCUT2D eigenvalue weighted by Gasteiger charge is 2.19. The number of rotatable bonds is 4. The van der Waals surface area contributed by atoms with Crippen molar-refractivity contribution >= 4 is 17.5 Å². The van der Waals surface area contributed by atoms with Crippen molar-refractivity contribution < 1.29 is 14.5 Å².